The van der Waals surface area contributed by atoms with Crippen LogP contribution in [0, 0.1) is 0 Å². The molecule has 74 valence electrons. The zero-order valence-corrected chi connectivity index (χ0v) is 8.63. The quantitative estimate of drug-likeness (QED) is 0.767. The summed E-state index contributed by atoms with van der Waals surface area (Å²) in [5, 5.41) is 9.85. The maximum atomic E-state index is 4.54. The zero-order valence-electron chi connectivity index (χ0n) is 7.81. The molecule has 2 aromatic heterocycles. The highest BCUT2D eigenvalue weighted by Crippen LogP contribution is 2.23. The molecule has 0 atom stereocenters. The summed E-state index contributed by atoms with van der Waals surface area (Å²) in [5.41, 5.74) is 0. The summed E-state index contributed by atoms with van der Waals surface area (Å²) in [6, 6.07) is 0. The third-order valence-electron chi connectivity index (χ3n) is 2.70. The van der Waals surface area contributed by atoms with E-state index in [0.29, 0.717) is 5.92 Å². The van der Waals surface area contributed by atoms with Crippen molar-refractivity contribution in [2.45, 2.75) is 18.8 Å². The van der Waals surface area contributed by atoms with Crippen molar-refractivity contribution in [3.8, 4) is 0 Å². The van der Waals surface area contributed by atoms with E-state index in [1.807, 2.05) is 16.1 Å². The summed E-state index contributed by atoms with van der Waals surface area (Å²) in [7, 11) is 0. The normalized spacial score (nSPS) is 19.1. The molecule has 3 heterocycles. The zero-order chi connectivity index (χ0) is 9.38. The monoisotopic (exact) mass is 208 g/mol. The SMILES string of the molecule is c1cn2nc(C3CCNCC3)nc2s1. The maximum absolute atomic E-state index is 4.54. The van der Waals surface area contributed by atoms with E-state index in [1.54, 1.807) is 11.3 Å². The van der Waals surface area contributed by atoms with Crippen LogP contribution in [0.1, 0.15) is 24.6 Å². The van der Waals surface area contributed by atoms with Crippen molar-refractivity contribution in [1.29, 1.82) is 0 Å². The van der Waals surface area contributed by atoms with Gasteiger partial charge in [-0.2, -0.15) is 5.10 Å². The Morgan fingerprint density at radius 3 is 3.07 bits per heavy atom. The summed E-state index contributed by atoms with van der Waals surface area (Å²) in [6.07, 6.45) is 4.30. The maximum Gasteiger partial charge on any atom is 0.212 e. The van der Waals surface area contributed by atoms with Crippen LogP contribution in [0.3, 0.4) is 0 Å². The highest BCUT2D eigenvalue weighted by atomic mass is 32.1. The predicted molar refractivity (Wildman–Crippen MR) is 55.7 cm³/mol. The van der Waals surface area contributed by atoms with E-state index in [-0.39, 0.29) is 0 Å². The summed E-state index contributed by atoms with van der Waals surface area (Å²) in [6.45, 7) is 2.19. The van der Waals surface area contributed by atoms with E-state index in [1.165, 1.54) is 0 Å². The molecule has 2 aromatic rings. The van der Waals surface area contributed by atoms with Crippen LogP contribution in [0.15, 0.2) is 11.6 Å². The Bertz CT molecular complexity index is 398. The van der Waals surface area contributed by atoms with Crippen molar-refractivity contribution < 1.29 is 0 Å². The molecule has 0 amide bonds. The third-order valence-corrected chi connectivity index (χ3v) is 3.44. The van der Waals surface area contributed by atoms with Crippen molar-refractivity contribution in [1.82, 2.24) is 19.9 Å². The fraction of sp³-hybridized carbons (Fsp3) is 0.556. The van der Waals surface area contributed by atoms with Gasteiger partial charge in [0, 0.05) is 17.5 Å². The minimum Gasteiger partial charge on any atom is -0.317 e. The second-order valence-electron chi connectivity index (χ2n) is 3.62. The predicted octanol–water partition coefficient (Wildman–Crippen LogP) is 1.26. The van der Waals surface area contributed by atoms with Crippen molar-refractivity contribution in [3.05, 3.63) is 17.4 Å². The standard InChI is InChI=1S/C9H12N4S/c1-3-10-4-2-7(1)8-11-9-13(12-8)5-6-14-9/h5-7,10H,1-4H2. The summed E-state index contributed by atoms with van der Waals surface area (Å²) in [5.74, 6) is 1.58. The first-order valence-electron chi connectivity index (χ1n) is 4.94. The van der Waals surface area contributed by atoms with Gasteiger partial charge in [-0.25, -0.2) is 9.50 Å². The Morgan fingerprint density at radius 1 is 1.43 bits per heavy atom. The van der Waals surface area contributed by atoms with Crippen LogP contribution >= 0.6 is 11.3 Å². The van der Waals surface area contributed by atoms with E-state index < -0.39 is 0 Å². The van der Waals surface area contributed by atoms with Crippen molar-refractivity contribution in [2.24, 2.45) is 0 Å². The van der Waals surface area contributed by atoms with Gasteiger partial charge in [-0.1, -0.05) is 0 Å². The number of piperidine rings is 1. The number of fused-ring (bicyclic) bond motifs is 1. The molecule has 1 aliphatic rings. The minimum absolute atomic E-state index is 0.559. The van der Waals surface area contributed by atoms with E-state index in [2.05, 4.69) is 15.4 Å². The highest BCUT2D eigenvalue weighted by molar-refractivity contribution is 7.15. The second kappa shape index (κ2) is 3.33. The first-order valence-corrected chi connectivity index (χ1v) is 5.82. The van der Waals surface area contributed by atoms with Gasteiger partial charge in [-0.15, -0.1) is 11.3 Å². The van der Waals surface area contributed by atoms with Gasteiger partial charge in [0.05, 0.1) is 0 Å². The second-order valence-corrected chi connectivity index (χ2v) is 4.50. The molecule has 0 saturated carbocycles. The first kappa shape index (κ1) is 8.38. The summed E-state index contributed by atoms with van der Waals surface area (Å²) < 4.78 is 1.88. The van der Waals surface area contributed by atoms with Gasteiger partial charge >= 0.3 is 0 Å². The van der Waals surface area contributed by atoms with E-state index >= 15 is 0 Å². The molecule has 4 nitrogen and oxygen atoms in total. The molecule has 0 spiro atoms. The molecule has 0 aromatic carbocycles. The number of hydrogen-bond acceptors (Lipinski definition) is 4. The lowest BCUT2D eigenvalue weighted by atomic mass is 9.98. The highest BCUT2D eigenvalue weighted by Gasteiger charge is 2.19. The van der Waals surface area contributed by atoms with Crippen LogP contribution < -0.4 is 5.32 Å². The summed E-state index contributed by atoms with van der Waals surface area (Å²) >= 11 is 1.65. The molecule has 1 fully saturated rings. The lowest BCUT2D eigenvalue weighted by molar-refractivity contribution is 0.445. The summed E-state index contributed by atoms with van der Waals surface area (Å²) in [4.78, 5) is 5.55. The molecule has 0 radical (unpaired) electrons. The van der Waals surface area contributed by atoms with Gasteiger partial charge in [-0.3, -0.25) is 0 Å². The molecule has 0 bridgehead atoms. The van der Waals surface area contributed by atoms with Gasteiger partial charge < -0.3 is 5.32 Å². The van der Waals surface area contributed by atoms with Crippen LogP contribution in [0.5, 0.6) is 0 Å². The average Bonchev–Trinajstić information content (AvgIpc) is 2.78. The Kier molecular flexibility index (Phi) is 1.99. The number of nitrogens with zero attached hydrogens (tertiary/aromatic N) is 3. The largest absolute Gasteiger partial charge is 0.317 e. The average molecular weight is 208 g/mol. The van der Waals surface area contributed by atoms with E-state index in [4.69, 9.17) is 0 Å². The molecule has 1 aliphatic heterocycles. The van der Waals surface area contributed by atoms with Gasteiger partial charge in [0.1, 0.15) is 0 Å². The van der Waals surface area contributed by atoms with Crippen LogP contribution in [-0.2, 0) is 0 Å². The minimum atomic E-state index is 0.559. The number of thiazole rings is 1. The fourth-order valence-corrected chi connectivity index (χ4v) is 2.56. The molecule has 5 heteroatoms. The Labute approximate surface area is 86.0 Å². The van der Waals surface area contributed by atoms with Crippen molar-refractivity contribution >= 4 is 16.3 Å². The fourth-order valence-electron chi connectivity index (χ4n) is 1.90. The van der Waals surface area contributed by atoms with Crippen molar-refractivity contribution in [2.75, 3.05) is 13.1 Å². The molecule has 14 heavy (non-hydrogen) atoms. The van der Waals surface area contributed by atoms with Gasteiger partial charge in [0.25, 0.3) is 0 Å². The van der Waals surface area contributed by atoms with E-state index in [9.17, 15) is 0 Å². The molecular formula is C9H12N4S. The number of aromatic nitrogens is 3. The van der Waals surface area contributed by atoms with Crippen LogP contribution in [0.4, 0.5) is 0 Å². The molecule has 1 N–H and O–H groups in total. The first-order chi connectivity index (χ1) is 6.93. The number of nitrogens with one attached hydrogen (secondary N) is 1. The lowest BCUT2D eigenvalue weighted by Gasteiger charge is -2.19. The number of hydrogen-bond donors (Lipinski definition) is 1. The Balaban J connectivity index is 1.92. The van der Waals surface area contributed by atoms with Crippen LogP contribution in [0.25, 0.3) is 4.96 Å². The van der Waals surface area contributed by atoms with Gasteiger partial charge in [0.15, 0.2) is 5.82 Å². The van der Waals surface area contributed by atoms with E-state index in [0.717, 1.165) is 36.7 Å². The lowest BCUT2D eigenvalue weighted by Crippen LogP contribution is -2.27. The third kappa shape index (κ3) is 1.33. The van der Waals surface area contributed by atoms with Crippen LogP contribution in [0.2, 0.25) is 0 Å². The Morgan fingerprint density at radius 2 is 2.29 bits per heavy atom. The van der Waals surface area contributed by atoms with Crippen LogP contribution in [-0.4, -0.2) is 27.7 Å². The molecule has 1 saturated heterocycles. The van der Waals surface area contributed by atoms with Gasteiger partial charge in [0.2, 0.25) is 4.96 Å². The number of rotatable bonds is 1. The van der Waals surface area contributed by atoms with Gasteiger partial charge in [-0.05, 0) is 25.9 Å². The molecular weight excluding hydrogens is 196 g/mol. The Hall–Kier alpha value is -0.940. The molecule has 3 rings (SSSR count). The van der Waals surface area contributed by atoms with Crippen molar-refractivity contribution in [3.63, 3.8) is 0 Å². The smallest absolute Gasteiger partial charge is 0.212 e. The topological polar surface area (TPSA) is 42.2 Å². The molecule has 0 unspecified atom stereocenters. The molecule has 0 aliphatic carbocycles.